The number of aldehydes is 1. The third-order valence-corrected chi connectivity index (χ3v) is 4.03. The third kappa shape index (κ3) is 4.26. The number of aryl methyl sites for hydroxylation is 1. The maximum Gasteiger partial charge on any atom is 0.344 e. The van der Waals surface area contributed by atoms with Crippen molar-refractivity contribution in [2.24, 2.45) is 0 Å². The summed E-state index contributed by atoms with van der Waals surface area (Å²) in [5.74, 6) is -3.09. The normalized spacial score (nSPS) is 10.5. The lowest BCUT2D eigenvalue weighted by atomic mass is 10.1. The topological polar surface area (TPSA) is 81.2 Å². The Morgan fingerprint density at radius 3 is 2.34 bits per heavy atom. The van der Waals surface area contributed by atoms with Crippen LogP contribution < -0.4 is 5.32 Å². The summed E-state index contributed by atoms with van der Waals surface area (Å²) in [6, 6.07) is 10.4. The molecule has 0 spiro atoms. The Morgan fingerprint density at radius 2 is 1.76 bits per heavy atom. The predicted octanol–water partition coefficient (Wildman–Crippen LogP) is 4.46. The van der Waals surface area contributed by atoms with Gasteiger partial charge in [-0.05, 0) is 38.1 Å². The molecule has 0 saturated carbocycles. The zero-order valence-electron chi connectivity index (χ0n) is 15.7. The fourth-order valence-corrected chi connectivity index (χ4v) is 2.66. The highest BCUT2D eigenvalue weighted by atomic mass is 19.1. The van der Waals surface area contributed by atoms with Gasteiger partial charge in [0.1, 0.15) is 28.7 Å². The molecule has 0 aliphatic rings. The Hall–Kier alpha value is -3.68. The van der Waals surface area contributed by atoms with Crippen LogP contribution in [0.25, 0.3) is 11.4 Å². The Kier molecular flexibility index (Phi) is 5.92. The molecule has 1 heterocycles. The van der Waals surface area contributed by atoms with E-state index in [1.165, 1.54) is 6.07 Å². The van der Waals surface area contributed by atoms with Crippen molar-refractivity contribution in [2.75, 3.05) is 11.9 Å². The number of hydrogen-bond acceptors (Lipinski definition) is 6. The number of halogens is 2. The van der Waals surface area contributed by atoms with E-state index in [4.69, 9.17) is 4.74 Å². The lowest BCUT2D eigenvalue weighted by molar-refractivity contribution is 0.0524. The monoisotopic (exact) mass is 397 g/mol. The van der Waals surface area contributed by atoms with Crippen LogP contribution >= 0.6 is 0 Å². The Labute approximate surface area is 165 Å². The summed E-state index contributed by atoms with van der Waals surface area (Å²) in [6.07, 6.45) is 0.316. The molecule has 0 radical (unpaired) electrons. The highest BCUT2D eigenvalue weighted by molar-refractivity contribution is 6.02. The average Bonchev–Trinajstić information content (AvgIpc) is 2.69. The molecule has 148 valence electrons. The van der Waals surface area contributed by atoms with Crippen LogP contribution in [0.3, 0.4) is 0 Å². The second kappa shape index (κ2) is 8.55. The van der Waals surface area contributed by atoms with E-state index in [2.05, 4.69) is 15.3 Å². The molecule has 0 aliphatic carbocycles. The smallest absolute Gasteiger partial charge is 0.344 e. The van der Waals surface area contributed by atoms with Crippen molar-refractivity contribution in [3.8, 4) is 11.4 Å². The number of esters is 1. The number of nitrogens with one attached hydrogen (secondary N) is 1. The standard InChI is InChI=1S/C21H17F2N3O3/c1-3-29-21(28)18-16(11-27)25-19(17-14(22)5-4-6-15(17)23)26-20(18)24-13-9-7-12(2)8-10-13/h4-11H,3H2,1-2H3,(H,24,25,26). The molecule has 8 heteroatoms. The number of carbonyl (C=O) groups excluding carboxylic acids is 2. The Balaban J connectivity index is 2.22. The molecule has 0 fully saturated rings. The highest BCUT2D eigenvalue weighted by Crippen LogP contribution is 2.28. The summed E-state index contributed by atoms with van der Waals surface area (Å²) < 4.78 is 33.5. The number of hydrogen-bond donors (Lipinski definition) is 1. The lowest BCUT2D eigenvalue weighted by Crippen LogP contribution is -2.15. The molecule has 0 aliphatic heterocycles. The number of anilines is 2. The molecule has 0 amide bonds. The van der Waals surface area contributed by atoms with E-state index in [1.807, 2.05) is 19.1 Å². The second-order valence-electron chi connectivity index (χ2n) is 6.08. The zero-order valence-corrected chi connectivity index (χ0v) is 15.7. The van der Waals surface area contributed by atoms with Gasteiger partial charge in [0.15, 0.2) is 12.1 Å². The number of carbonyl (C=O) groups is 2. The number of nitrogens with zero attached hydrogens (tertiary/aromatic N) is 2. The third-order valence-electron chi connectivity index (χ3n) is 4.03. The molecule has 29 heavy (non-hydrogen) atoms. The number of ether oxygens (including phenoxy) is 1. The van der Waals surface area contributed by atoms with Gasteiger partial charge in [-0.25, -0.2) is 23.5 Å². The van der Waals surface area contributed by atoms with Crippen molar-refractivity contribution in [2.45, 2.75) is 13.8 Å². The van der Waals surface area contributed by atoms with Gasteiger partial charge in [0.2, 0.25) is 0 Å². The van der Waals surface area contributed by atoms with Gasteiger partial charge in [-0.15, -0.1) is 0 Å². The van der Waals surface area contributed by atoms with Crippen molar-refractivity contribution in [3.05, 3.63) is 70.9 Å². The molecule has 0 saturated heterocycles. The molecule has 0 unspecified atom stereocenters. The molecular weight excluding hydrogens is 380 g/mol. The van der Waals surface area contributed by atoms with E-state index < -0.39 is 23.2 Å². The molecular formula is C21H17F2N3O3. The van der Waals surface area contributed by atoms with Crippen LogP contribution in [0.2, 0.25) is 0 Å². The zero-order chi connectivity index (χ0) is 21.0. The van der Waals surface area contributed by atoms with E-state index in [0.29, 0.717) is 12.0 Å². The van der Waals surface area contributed by atoms with E-state index >= 15 is 0 Å². The molecule has 3 aromatic rings. The van der Waals surface area contributed by atoms with Crippen molar-refractivity contribution < 1.29 is 23.1 Å². The molecule has 1 N–H and O–H groups in total. The van der Waals surface area contributed by atoms with Crippen LogP contribution in [0, 0.1) is 18.6 Å². The molecule has 6 nitrogen and oxygen atoms in total. The molecule has 0 atom stereocenters. The fourth-order valence-electron chi connectivity index (χ4n) is 2.66. The quantitative estimate of drug-likeness (QED) is 0.488. The molecule has 3 rings (SSSR count). The van der Waals surface area contributed by atoms with Crippen LogP contribution in [0.5, 0.6) is 0 Å². The van der Waals surface area contributed by atoms with E-state index in [9.17, 15) is 18.4 Å². The summed E-state index contributed by atoms with van der Waals surface area (Å²) in [4.78, 5) is 32.1. The van der Waals surface area contributed by atoms with Gasteiger partial charge in [-0.2, -0.15) is 0 Å². The first-order valence-electron chi connectivity index (χ1n) is 8.77. The Bertz CT molecular complexity index is 1050. The van der Waals surface area contributed by atoms with Crippen LogP contribution in [0.1, 0.15) is 33.3 Å². The number of rotatable bonds is 6. The minimum Gasteiger partial charge on any atom is -0.462 e. The minimum absolute atomic E-state index is 0.0603. The highest BCUT2D eigenvalue weighted by Gasteiger charge is 2.25. The van der Waals surface area contributed by atoms with E-state index in [-0.39, 0.29) is 29.5 Å². The van der Waals surface area contributed by atoms with Gasteiger partial charge in [0.05, 0.1) is 12.2 Å². The van der Waals surface area contributed by atoms with E-state index in [0.717, 1.165) is 17.7 Å². The van der Waals surface area contributed by atoms with Gasteiger partial charge >= 0.3 is 5.97 Å². The summed E-state index contributed by atoms with van der Waals surface area (Å²) in [7, 11) is 0. The summed E-state index contributed by atoms with van der Waals surface area (Å²) in [5, 5.41) is 2.91. The van der Waals surface area contributed by atoms with Crippen LogP contribution in [0.4, 0.5) is 20.3 Å². The first kappa shape index (κ1) is 20.1. The largest absolute Gasteiger partial charge is 0.462 e. The summed E-state index contributed by atoms with van der Waals surface area (Å²) in [5.41, 5.74) is 0.495. The first-order valence-corrected chi connectivity index (χ1v) is 8.77. The van der Waals surface area contributed by atoms with Crippen molar-refractivity contribution >= 4 is 23.8 Å². The summed E-state index contributed by atoms with van der Waals surface area (Å²) >= 11 is 0. The van der Waals surface area contributed by atoms with Gasteiger partial charge in [-0.3, -0.25) is 4.79 Å². The number of aromatic nitrogens is 2. The van der Waals surface area contributed by atoms with Crippen LogP contribution in [-0.4, -0.2) is 28.8 Å². The molecule has 1 aromatic heterocycles. The number of benzene rings is 2. The van der Waals surface area contributed by atoms with Crippen molar-refractivity contribution in [3.63, 3.8) is 0 Å². The predicted molar refractivity (Wildman–Crippen MR) is 103 cm³/mol. The van der Waals surface area contributed by atoms with Crippen molar-refractivity contribution in [1.29, 1.82) is 0 Å². The minimum atomic E-state index is -0.896. The molecule has 0 bridgehead atoms. The lowest BCUT2D eigenvalue weighted by Gasteiger charge is -2.14. The van der Waals surface area contributed by atoms with Crippen LogP contribution in [-0.2, 0) is 4.74 Å². The maximum absolute atomic E-state index is 14.2. The van der Waals surface area contributed by atoms with Gasteiger partial charge < -0.3 is 10.1 Å². The second-order valence-corrected chi connectivity index (χ2v) is 6.08. The SMILES string of the molecule is CCOC(=O)c1c(C=O)nc(-c2c(F)cccc2F)nc1Nc1ccc(C)cc1. The summed E-state index contributed by atoms with van der Waals surface area (Å²) in [6.45, 7) is 3.57. The van der Waals surface area contributed by atoms with Gasteiger partial charge in [-0.1, -0.05) is 23.8 Å². The van der Waals surface area contributed by atoms with Crippen molar-refractivity contribution in [1.82, 2.24) is 9.97 Å². The van der Waals surface area contributed by atoms with Crippen LogP contribution in [0.15, 0.2) is 42.5 Å². The first-order chi connectivity index (χ1) is 13.9. The fraction of sp³-hybridized carbons (Fsp3) is 0.143. The van der Waals surface area contributed by atoms with Gasteiger partial charge in [0, 0.05) is 5.69 Å². The Morgan fingerprint density at radius 1 is 1.10 bits per heavy atom. The average molecular weight is 397 g/mol. The maximum atomic E-state index is 14.2. The molecule has 2 aromatic carbocycles. The van der Waals surface area contributed by atoms with E-state index in [1.54, 1.807) is 19.1 Å². The van der Waals surface area contributed by atoms with Gasteiger partial charge in [0.25, 0.3) is 0 Å².